The summed E-state index contributed by atoms with van der Waals surface area (Å²) in [6, 6.07) is 13.5. The summed E-state index contributed by atoms with van der Waals surface area (Å²) in [4.78, 5) is 13.2. The number of rotatable bonds is 5. The number of fused-ring (bicyclic) bond motifs is 1. The number of nitrogen functional groups attached to an aromatic ring is 2. The zero-order valence-electron chi connectivity index (χ0n) is 20.3. The quantitative estimate of drug-likeness (QED) is 0.312. The van der Waals surface area contributed by atoms with Crippen molar-refractivity contribution in [3.05, 3.63) is 101 Å². The number of hydrogen-bond acceptors (Lipinski definition) is 6. The van der Waals surface area contributed by atoms with E-state index in [-0.39, 0.29) is 38.7 Å². The van der Waals surface area contributed by atoms with E-state index in [2.05, 4.69) is 0 Å². The van der Waals surface area contributed by atoms with Gasteiger partial charge in [0.05, 0.1) is 16.3 Å². The lowest BCUT2D eigenvalue weighted by molar-refractivity contribution is 0.439. The zero-order valence-corrected chi connectivity index (χ0v) is 21.1. The first-order valence-corrected chi connectivity index (χ1v) is 12.8. The first-order valence-electron chi connectivity index (χ1n) is 11.3. The van der Waals surface area contributed by atoms with Gasteiger partial charge in [0.15, 0.2) is 11.6 Å². The Balaban J connectivity index is 1.75. The molecule has 8 nitrogen and oxygen atoms in total. The molecule has 0 saturated heterocycles. The molecular weight excluding hydrogens is 514 g/mol. The van der Waals surface area contributed by atoms with Gasteiger partial charge in [-0.05, 0) is 43.3 Å². The topological polar surface area (TPSA) is 122 Å². The Morgan fingerprint density at radius 1 is 0.868 bits per heavy atom. The van der Waals surface area contributed by atoms with Crippen molar-refractivity contribution < 1.29 is 21.9 Å². The predicted molar refractivity (Wildman–Crippen MR) is 142 cm³/mol. The number of nitrogens with zero attached hydrogens (tertiary/aromatic N) is 2. The maximum atomic E-state index is 14.4. The van der Waals surface area contributed by atoms with E-state index in [0.717, 1.165) is 21.7 Å². The van der Waals surface area contributed by atoms with Gasteiger partial charge in [0.25, 0.3) is 15.6 Å². The Bertz CT molecular complexity index is 1900. The van der Waals surface area contributed by atoms with Crippen molar-refractivity contribution in [1.29, 1.82) is 0 Å². The molecule has 3 aromatic carbocycles. The standard InChI is InChI=1S/C27H22F2N4O4S/c1-15-3-6-17(7-4-15)38(35,36)33-10-9-18-20(14-32(2)27(34)26(18)33)19-12-22(30)23(31)13-25(19)37-24-8-5-16(28)11-21(24)29/h3-14H,30-31H2,1-2H3. The van der Waals surface area contributed by atoms with E-state index in [1.807, 2.05) is 6.92 Å². The highest BCUT2D eigenvalue weighted by molar-refractivity contribution is 7.90. The molecule has 0 aliphatic carbocycles. The van der Waals surface area contributed by atoms with E-state index >= 15 is 0 Å². The predicted octanol–water partition coefficient (Wildman–Crippen LogP) is 4.79. The lowest BCUT2D eigenvalue weighted by Crippen LogP contribution is -2.22. The van der Waals surface area contributed by atoms with Gasteiger partial charge in [0.2, 0.25) is 0 Å². The average Bonchev–Trinajstić information content (AvgIpc) is 3.32. The molecule has 194 valence electrons. The van der Waals surface area contributed by atoms with Crippen LogP contribution in [0.1, 0.15) is 5.56 Å². The first-order chi connectivity index (χ1) is 18.0. The summed E-state index contributed by atoms with van der Waals surface area (Å²) >= 11 is 0. The van der Waals surface area contributed by atoms with E-state index in [1.54, 1.807) is 12.1 Å². The molecule has 0 amide bonds. The molecule has 38 heavy (non-hydrogen) atoms. The highest BCUT2D eigenvalue weighted by atomic mass is 32.2. The second-order valence-electron chi connectivity index (χ2n) is 8.80. The molecule has 0 fully saturated rings. The Labute approximate surface area is 216 Å². The van der Waals surface area contributed by atoms with Gasteiger partial charge in [-0.15, -0.1) is 0 Å². The highest BCUT2D eigenvalue weighted by Gasteiger charge is 2.24. The van der Waals surface area contributed by atoms with Crippen LogP contribution >= 0.6 is 0 Å². The lowest BCUT2D eigenvalue weighted by Gasteiger charge is -2.16. The number of aryl methyl sites for hydroxylation is 2. The fraction of sp³-hybridized carbons (Fsp3) is 0.0741. The fourth-order valence-electron chi connectivity index (χ4n) is 4.15. The molecule has 0 saturated carbocycles. The van der Waals surface area contributed by atoms with E-state index in [9.17, 15) is 22.0 Å². The number of ether oxygens (including phenoxy) is 1. The van der Waals surface area contributed by atoms with Crippen LogP contribution in [0.25, 0.3) is 22.0 Å². The third-order valence-corrected chi connectivity index (χ3v) is 7.85. The summed E-state index contributed by atoms with van der Waals surface area (Å²) in [5, 5.41) is 0.289. The Morgan fingerprint density at radius 2 is 1.55 bits per heavy atom. The lowest BCUT2D eigenvalue weighted by atomic mass is 10.0. The van der Waals surface area contributed by atoms with Crippen molar-refractivity contribution in [2.75, 3.05) is 11.5 Å². The van der Waals surface area contributed by atoms with Gasteiger partial charge in [-0.25, -0.2) is 21.2 Å². The molecule has 2 aromatic heterocycles. The minimum absolute atomic E-state index is 0.0144. The first kappa shape index (κ1) is 25.0. The maximum Gasteiger partial charge on any atom is 0.275 e. The van der Waals surface area contributed by atoms with Crippen molar-refractivity contribution >= 4 is 32.3 Å². The van der Waals surface area contributed by atoms with Gasteiger partial charge in [0, 0.05) is 48.1 Å². The summed E-state index contributed by atoms with van der Waals surface area (Å²) in [5.41, 5.74) is 13.3. The number of aromatic nitrogens is 2. The number of pyridine rings is 1. The van der Waals surface area contributed by atoms with Crippen LogP contribution in [0.4, 0.5) is 20.2 Å². The molecular formula is C27H22F2N4O4S. The van der Waals surface area contributed by atoms with Crippen molar-refractivity contribution in [1.82, 2.24) is 8.54 Å². The normalized spacial score (nSPS) is 11.7. The Hall–Kier alpha value is -4.64. The summed E-state index contributed by atoms with van der Waals surface area (Å²) in [7, 11) is -2.64. The molecule has 0 atom stereocenters. The third-order valence-electron chi connectivity index (χ3n) is 6.15. The monoisotopic (exact) mass is 536 g/mol. The van der Waals surface area contributed by atoms with Crippen molar-refractivity contribution in [3.63, 3.8) is 0 Å². The van der Waals surface area contributed by atoms with Gasteiger partial charge in [-0.2, -0.15) is 0 Å². The van der Waals surface area contributed by atoms with Gasteiger partial charge in [-0.3, -0.25) is 4.79 Å². The Kier molecular flexibility index (Phi) is 5.95. The summed E-state index contributed by atoms with van der Waals surface area (Å²) in [6.07, 6.45) is 2.79. The fourth-order valence-corrected chi connectivity index (χ4v) is 5.50. The van der Waals surface area contributed by atoms with E-state index in [1.165, 1.54) is 54.3 Å². The molecule has 5 rings (SSSR count). The number of hydrogen-bond donors (Lipinski definition) is 2. The Morgan fingerprint density at radius 3 is 2.24 bits per heavy atom. The molecule has 11 heteroatoms. The number of benzene rings is 3. The van der Waals surface area contributed by atoms with Crippen LogP contribution in [0, 0.1) is 18.6 Å². The molecule has 0 aliphatic heterocycles. The molecule has 0 unspecified atom stereocenters. The van der Waals surface area contributed by atoms with Gasteiger partial charge < -0.3 is 20.8 Å². The van der Waals surface area contributed by atoms with Crippen LogP contribution in [0.3, 0.4) is 0 Å². The number of nitrogens with two attached hydrogens (primary N) is 2. The van der Waals surface area contributed by atoms with Crippen molar-refractivity contribution in [2.24, 2.45) is 7.05 Å². The molecule has 5 aromatic rings. The molecule has 0 spiro atoms. The summed E-state index contributed by atoms with van der Waals surface area (Å²) in [5.74, 6) is -1.91. The van der Waals surface area contributed by atoms with Crippen LogP contribution in [-0.2, 0) is 17.1 Å². The largest absolute Gasteiger partial charge is 0.454 e. The zero-order chi connectivity index (χ0) is 27.4. The molecule has 4 N–H and O–H groups in total. The van der Waals surface area contributed by atoms with Crippen molar-refractivity contribution in [2.45, 2.75) is 11.8 Å². The maximum absolute atomic E-state index is 14.4. The molecule has 0 bridgehead atoms. The second-order valence-corrected chi connectivity index (χ2v) is 10.6. The van der Waals surface area contributed by atoms with E-state index < -0.39 is 27.2 Å². The van der Waals surface area contributed by atoms with Gasteiger partial charge >= 0.3 is 0 Å². The van der Waals surface area contributed by atoms with Crippen LogP contribution in [0.5, 0.6) is 11.5 Å². The molecule has 0 aliphatic rings. The smallest absolute Gasteiger partial charge is 0.275 e. The highest BCUT2D eigenvalue weighted by Crippen LogP contribution is 2.41. The van der Waals surface area contributed by atoms with E-state index in [0.29, 0.717) is 17.2 Å². The van der Waals surface area contributed by atoms with E-state index in [4.69, 9.17) is 16.2 Å². The van der Waals surface area contributed by atoms with Crippen LogP contribution < -0.4 is 21.8 Å². The minimum Gasteiger partial charge on any atom is -0.454 e. The second kappa shape index (κ2) is 9.03. The van der Waals surface area contributed by atoms with Crippen LogP contribution in [0.15, 0.2) is 82.7 Å². The molecule has 2 heterocycles. The minimum atomic E-state index is -4.12. The van der Waals surface area contributed by atoms with Crippen molar-refractivity contribution in [3.8, 4) is 22.6 Å². The average molecular weight is 537 g/mol. The SMILES string of the molecule is Cc1ccc(S(=O)(=O)n2ccc3c(-c4cc(N)c(N)cc4Oc4ccc(F)cc4F)cn(C)c(=O)c32)cc1. The number of anilines is 2. The summed E-state index contributed by atoms with van der Waals surface area (Å²) < 4.78 is 62.7. The van der Waals surface area contributed by atoms with Crippen LogP contribution in [0.2, 0.25) is 0 Å². The molecule has 0 radical (unpaired) electrons. The third kappa shape index (κ3) is 4.16. The van der Waals surface area contributed by atoms with Gasteiger partial charge in [-0.1, -0.05) is 17.7 Å². The summed E-state index contributed by atoms with van der Waals surface area (Å²) in [6.45, 7) is 1.83. The van der Waals surface area contributed by atoms with Gasteiger partial charge in [0.1, 0.15) is 17.1 Å². The van der Waals surface area contributed by atoms with Crippen LogP contribution in [-0.4, -0.2) is 17.0 Å². The number of halogens is 2.